The van der Waals surface area contributed by atoms with Gasteiger partial charge in [-0.2, -0.15) is 10.3 Å². The van der Waals surface area contributed by atoms with Crippen LogP contribution < -0.4 is 0 Å². The molecule has 0 saturated carbocycles. The van der Waals surface area contributed by atoms with E-state index >= 15 is 0 Å². The number of rotatable bonds is 0. The molecular formula is C6H8N4. The van der Waals surface area contributed by atoms with Crippen molar-refractivity contribution in [2.45, 2.75) is 6.92 Å². The van der Waals surface area contributed by atoms with Gasteiger partial charge in [0.1, 0.15) is 5.52 Å². The number of fused-ring (bicyclic) bond motifs is 1. The molecule has 0 aliphatic rings. The molecule has 0 saturated heterocycles. The van der Waals surface area contributed by atoms with Crippen molar-refractivity contribution < 1.29 is 1.43 Å². The first-order chi connectivity index (χ1) is 4.86. The van der Waals surface area contributed by atoms with Crippen LogP contribution in [-0.4, -0.2) is 20.4 Å². The van der Waals surface area contributed by atoms with Gasteiger partial charge >= 0.3 is 0 Å². The highest BCUT2D eigenvalue weighted by atomic mass is 15.3. The molecule has 0 atom stereocenters. The number of H-pyrrole nitrogens is 1. The molecule has 0 unspecified atom stereocenters. The Hall–Kier alpha value is -1.45. The number of hydrogen-bond donors (Lipinski definition) is 1. The van der Waals surface area contributed by atoms with Crippen molar-refractivity contribution in [3.8, 4) is 0 Å². The lowest BCUT2D eigenvalue weighted by Gasteiger charge is -1.86. The summed E-state index contributed by atoms with van der Waals surface area (Å²) in [6, 6.07) is 1.94. The van der Waals surface area contributed by atoms with Crippen LogP contribution in [0.15, 0.2) is 12.3 Å². The van der Waals surface area contributed by atoms with E-state index < -0.39 is 0 Å². The third-order valence-corrected chi connectivity index (χ3v) is 1.31. The van der Waals surface area contributed by atoms with Gasteiger partial charge < -0.3 is 0 Å². The summed E-state index contributed by atoms with van der Waals surface area (Å²) in [7, 11) is 0. The Morgan fingerprint density at radius 3 is 3.30 bits per heavy atom. The van der Waals surface area contributed by atoms with E-state index in [2.05, 4.69) is 20.4 Å². The predicted octanol–water partition coefficient (Wildman–Crippen LogP) is 0.907. The second kappa shape index (κ2) is 1.76. The van der Waals surface area contributed by atoms with E-state index in [-0.39, 0.29) is 1.43 Å². The third-order valence-electron chi connectivity index (χ3n) is 1.31. The number of aryl methyl sites for hydroxylation is 1. The first-order valence-corrected chi connectivity index (χ1v) is 2.99. The summed E-state index contributed by atoms with van der Waals surface area (Å²) in [6.45, 7) is 1.97. The van der Waals surface area contributed by atoms with Crippen molar-refractivity contribution in [1.82, 2.24) is 20.4 Å². The molecule has 0 amide bonds. The number of aromatic nitrogens is 4. The highest BCUT2D eigenvalue weighted by Crippen LogP contribution is 2.04. The normalized spacial score (nSPS) is 10.5. The van der Waals surface area contributed by atoms with Crippen LogP contribution in [0.25, 0.3) is 11.2 Å². The summed E-state index contributed by atoms with van der Waals surface area (Å²) >= 11 is 0. The second-order valence-corrected chi connectivity index (χ2v) is 2.18. The van der Waals surface area contributed by atoms with E-state index in [9.17, 15) is 0 Å². The van der Waals surface area contributed by atoms with E-state index in [1.54, 1.807) is 6.20 Å². The minimum Gasteiger partial charge on any atom is -0.233 e. The van der Waals surface area contributed by atoms with Gasteiger partial charge in [0.05, 0.1) is 0 Å². The summed E-state index contributed by atoms with van der Waals surface area (Å²) in [6.07, 6.45) is 1.77. The number of pyridine rings is 1. The lowest BCUT2D eigenvalue weighted by Crippen LogP contribution is -1.77. The summed E-state index contributed by atoms with van der Waals surface area (Å²) in [5, 5.41) is 10.2. The van der Waals surface area contributed by atoms with Crippen LogP contribution in [0, 0.1) is 6.92 Å². The van der Waals surface area contributed by atoms with E-state index in [0.29, 0.717) is 5.65 Å². The van der Waals surface area contributed by atoms with Gasteiger partial charge in [-0.05, 0) is 18.6 Å². The van der Waals surface area contributed by atoms with Crippen molar-refractivity contribution in [2.75, 3.05) is 0 Å². The zero-order chi connectivity index (χ0) is 6.97. The molecule has 2 heterocycles. The van der Waals surface area contributed by atoms with Gasteiger partial charge in [-0.15, -0.1) is 5.10 Å². The van der Waals surface area contributed by atoms with Crippen molar-refractivity contribution in [3.63, 3.8) is 0 Å². The van der Waals surface area contributed by atoms with Gasteiger partial charge in [-0.1, -0.05) is 0 Å². The molecular weight excluding hydrogens is 128 g/mol. The quantitative estimate of drug-likeness (QED) is 0.585. The van der Waals surface area contributed by atoms with Crippen LogP contribution in [0.2, 0.25) is 0 Å². The molecule has 2 aromatic rings. The molecule has 2 aromatic heterocycles. The maximum absolute atomic E-state index is 4.04. The highest BCUT2D eigenvalue weighted by molar-refractivity contribution is 5.68. The Kier molecular flexibility index (Phi) is 0.943. The number of hydrogen-bond acceptors (Lipinski definition) is 3. The average molecular weight is 136 g/mol. The molecule has 0 radical (unpaired) electrons. The van der Waals surface area contributed by atoms with Crippen LogP contribution in [0.5, 0.6) is 0 Å². The van der Waals surface area contributed by atoms with Crippen LogP contribution in [0.3, 0.4) is 0 Å². The van der Waals surface area contributed by atoms with Crippen LogP contribution in [-0.2, 0) is 0 Å². The number of aromatic amines is 1. The molecule has 4 nitrogen and oxygen atoms in total. The molecule has 0 fully saturated rings. The summed E-state index contributed by atoms with van der Waals surface area (Å²) in [5.74, 6) is 0. The number of nitrogens with zero attached hydrogens (tertiary/aromatic N) is 3. The molecule has 0 bridgehead atoms. The van der Waals surface area contributed by atoms with Crippen molar-refractivity contribution in [2.24, 2.45) is 0 Å². The van der Waals surface area contributed by atoms with E-state index in [1.165, 1.54) is 0 Å². The monoisotopic (exact) mass is 136 g/mol. The predicted molar refractivity (Wildman–Crippen MR) is 38.5 cm³/mol. The van der Waals surface area contributed by atoms with Gasteiger partial charge in [0.25, 0.3) is 0 Å². The standard InChI is InChI=1S/C6H6N4.H2/c1-4-2-5-6(7-3-4)9-10-8-5;/h2-3H,1H3,(H,7,8,9,10);1H. The van der Waals surface area contributed by atoms with Crippen LogP contribution >= 0.6 is 0 Å². The zero-order valence-corrected chi connectivity index (χ0v) is 5.50. The molecule has 0 spiro atoms. The SMILES string of the molecule is Cc1cnc2n[nH]nc2c1.[HH]. The minimum absolute atomic E-state index is 0. The topological polar surface area (TPSA) is 54.5 Å². The van der Waals surface area contributed by atoms with Crippen molar-refractivity contribution >= 4 is 11.2 Å². The molecule has 10 heavy (non-hydrogen) atoms. The highest BCUT2D eigenvalue weighted by Gasteiger charge is 1.96. The number of nitrogens with one attached hydrogen (secondary N) is 1. The third kappa shape index (κ3) is 0.655. The van der Waals surface area contributed by atoms with Crippen molar-refractivity contribution in [3.05, 3.63) is 17.8 Å². The Morgan fingerprint density at radius 2 is 2.40 bits per heavy atom. The molecule has 0 aliphatic carbocycles. The van der Waals surface area contributed by atoms with E-state index in [0.717, 1.165) is 11.1 Å². The molecule has 0 aliphatic heterocycles. The van der Waals surface area contributed by atoms with Crippen LogP contribution in [0.1, 0.15) is 6.99 Å². The van der Waals surface area contributed by atoms with Crippen LogP contribution in [0.4, 0.5) is 0 Å². The Bertz CT molecular complexity index is 356. The average Bonchev–Trinajstić information content (AvgIpc) is 2.33. The smallest absolute Gasteiger partial charge is 0.201 e. The van der Waals surface area contributed by atoms with E-state index in [1.807, 2.05) is 13.0 Å². The van der Waals surface area contributed by atoms with Crippen molar-refractivity contribution in [1.29, 1.82) is 0 Å². The van der Waals surface area contributed by atoms with Gasteiger partial charge in [0.15, 0.2) is 0 Å². The molecule has 0 aromatic carbocycles. The molecule has 1 N–H and O–H groups in total. The lowest BCUT2D eigenvalue weighted by molar-refractivity contribution is 0.954. The fourth-order valence-electron chi connectivity index (χ4n) is 0.841. The molecule has 52 valence electrons. The first-order valence-electron chi connectivity index (χ1n) is 2.99. The zero-order valence-electron chi connectivity index (χ0n) is 5.50. The maximum Gasteiger partial charge on any atom is 0.201 e. The first kappa shape index (κ1) is 5.34. The summed E-state index contributed by atoms with van der Waals surface area (Å²) < 4.78 is 0. The molecule has 4 heteroatoms. The minimum atomic E-state index is 0. The van der Waals surface area contributed by atoms with E-state index in [4.69, 9.17) is 0 Å². The fraction of sp³-hybridized carbons (Fsp3) is 0.167. The molecule has 2 rings (SSSR count). The van der Waals surface area contributed by atoms with Gasteiger partial charge in [-0.3, -0.25) is 0 Å². The van der Waals surface area contributed by atoms with Gasteiger partial charge in [0, 0.05) is 7.62 Å². The Labute approximate surface area is 58.8 Å². The lowest BCUT2D eigenvalue weighted by atomic mass is 10.3. The Balaban J connectivity index is 0.000000605. The largest absolute Gasteiger partial charge is 0.233 e. The van der Waals surface area contributed by atoms with Gasteiger partial charge in [0.2, 0.25) is 5.65 Å². The maximum atomic E-state index is 4.04. The second-order valence-electron chi connectivity index (χ2n) is 2.18. The summed E-state index contributed by atoms with van der Waals surface area (Å²) in [5.41, 5.74) is 2.59. The van der Waals surface area contributed by atoms with Gasteiger partial charge in [-0.25, -0.2) is 4.98 Å². The Morgan fingerprint density at radius 1 is 1.50 bits per heavy atom. The summed E-state index contributed by atoms with van der Waals surface area (Å²) in [4.78, 5) is 4.04. The fourth-order valence-corrected chi connectivity index (χ4v) is 0.841.